The molecule has 158 valence electrons. The van der Waals surface area contributed by atoms with Crippen molar-refractivity contribution in [2.24, 2.45) is 4.99 Å². The molecule has 30 heavy (non-hydrogen) atoms. The van der Waals surface area contributed by atoms with E-state index in [1.165, 1.54) is 17.3 Å². The van der Waals surface area contributed by atoms with Crippen LogP contribution in [0.3, 0.4) is 0 Å². The average Bonchev–Trinajstić information content (AvgIpc) is 3.03. The Kier molecular flexibility index (Phi) is 7.57. The molecule has 6 heteroatoms. The van der Waals surface area contributed by atoms with Crippen LogP contribution in [-0.4, -0.2) is 36.2 Å². The molecule has 1 aliphatic heterocycles. The zero-order chi connectivity index (χ0) is 21.5. The summed E-state index contributed by atoms with van der Waals surface area (Å²) in [4.78, 5) is 20.2. The van der Waals surface area contributed by atoms with Gasteiger partial charge in [0.05, 0.1) is 24.3 Å². The van der Waals surface area contributed by atoms with Gasteiger partial charge in [0, 0.05) is 12.1 Å². The lowest BCUT2D eigenvalue weighted by Gasteiger charge is -2.14. The van der Waals surface area contributed by atoms with Gasteiger partial charge in [-0.2, -0.15) is 0 Å². The number of amidine groups is 1. The summed E-state index contributed by atoms with van der Waals surface area (Å²) >= 11 is 1.40. The number of ether oxygens (including phenoxy) is 2. The Morgan fingerprint density at radius 2 is 1.87 bits per heavy atom. The largest absolute Gasteiger partial charge is 0.493 e. The van der Waals surface area contributed by atoms with Crippen LogP contribution in [0.1, 0.15) is 37.8 Å². The number of carbonyl (C=O) groups is 1. The summed E-state index contributed by atoms with van der Waals surface area (Å²) in [6, 6.07) is 13.7. The van der Waals surface area contributed by atoms with Gasteiger partial charge in [0.15, 0.2) is 16.7 Å². The molecule has 5 nitrogen and oxygen atoms in total. The predicted octanol–water partition coefficient (Wildman–Crippen LogP) is 5.81. The van der Waals surface area contributed by atoms with Gasteiger partial charge in [-0.3, -0.25) is 9.69 Å². The van der Waals surface area contributed by atoms with E-state index in [4.69, 9.17) is 14.5 Å². The van der Waals surface area contributed by atoms with Crippen LogP contribution in [0.25, 0.3) is 6.08 Å². The molecule has 0 aliphatic carbocycles. The van der Waals surface area contributed by atoms with Crippen molar-refractivity contribution in [3.8, 4) is 11.5 Å². The van der Waals surface area contributed by atoms with Gasteiger partial charge in [-0.1, -0.05) is 43.7 Å². The van der Waals surface area contributed by atoms with Gasteiger partial charge in [0.25, 0.3) is 5.91 Å². The van der Waals surface area contributed by atoms with E-state index in [9.17, 15) is 4.79 Å². The minimum absolute atomic E-state index is 0.0306. The first-order valence-corrected chi connectivity index (χ1v) is 11.1. The summed E-state index contributed by atoms with van der Waals surface area (Å²) in [5.41, 5.74) is 2.84. The minimum atomic E-state index is -0.0306. The number of hydrogen-bond donors (Lipinski definition) is 0. The van der Waals surface area contributed by atoms with Crippen molar-refractivity contribution in [3.05, 3.63) is 58.5 Å². The van der Waals surface area contributed by atoms with Crippen LogP contribution in [0.4, 0.5) is 5.69 Å². The molecule has 1 saturated heterocycles. The number of aliphatic imine (C=N–C) groups is 1. The van der Waals surface area contributed by atoms with Crippen molar-refractivity contribution >= 4 is 34.6 Å². The van der Waals surface area contributed by atoms with Crippen LogP contribution in [0, 0.1) is 6.92 Å². The Bertz CT molecular complexity index is 951. The molecular formula is C24H28N2O3S. The van der Waals surface area contributed by atoms with Gasteiger partial charge in [0.1, 0.15) is 0 Å². The normalized spacial score (nSPS) is 16.5. The van der Waals surface area contributed by atoms with Gasteiger partial charge < -0.3 is 9.47 Å². The number of rotatable bonds is 8. The van der Waals surface area contributed by atoms with E-state index >= 15 is 0 Å². The van der Waals surface area contributed by atoms with Crippen molar-refractivity contribution in [3.63, 3.8) is 0 Å². The maximum absolute atomic E-state index is 13.1. The fourth-order valence-electron chi connectivity index (χ4n) is 3.05. The van der Waals surface area contributed by atoms with Crippen molar-refractivity contribution in [2.75, 3.05) is 20.3 Å². The monoisotopic (exact) mass is 424 g/mol. The standard InChI is InChI=1S/C24H28N2O3S/c1-5-14-26-23(27)21(30-24(26)25-19-12-10-17(3)11-13-19)16-18-8-7-9-20(28-4)22(18)29-15-6-2/h7-13,16H,5-6,14-15H2,1-4H3/b21-16+,25-24?. The molecule has 0 saturated carbocycles. The highest BCUT2D eigenvalue weighted by atomic mass is 32.2. The second-order valence-electron chi connectivity index (χ2n) is 7.02. The van der Waals surface area contributed by atoms with Crippen LogP contribution >= 0.6 is 11.8 Å². The molecule has 0 N–H and O–H groups in total. The molecule has 0 unspecified atom stereocenters. The van der Waals surface area contributed by atoms with Crippen LogP contribution in [0.15, 0.2) is 52.4 Å². The second-order valence-corrected chi connectivity index (χ2v) is 8.03. The average molecular weight is 425 g/mol. The van der Waals surface area contributed by atoms with Crippen molar-refractivity contribution < 1.29 is 14.3 Å². The number of methoxy groups -OCH3 is 1. The lowest BCUT2D eigenvalue weighted by molar-refractivity contribution is -0.122. The van der Waals surface area contributed by atoms with Crippen molar-refractivity contribution in [1.82, 2.24) is 4.90 Å². The minimum Gasteiger partial charge on any atom is -0.493 e. The molecule has 0 atom stereocenters. The van der Waals surface area contributed by atoms with Crippen molar-refractivity contribution in [2.45, 2.75) is 33.6 Å². The quantitative estimate of drug-likeness (QED) is 0.502. The Balaban J connectivity index is 1.97. The zero-order valence-electron chi connectivity index (χ0n) is 18.0. The van der Waals surface area contributed by atoms with Gasteiger partial charge in [-0.05, 0) is 55.8 Å². The van der Waals surface area contributed by atoms with Crippen LogP contribution in [0.5, 0.6) is 11.5 Å². The number of thioether (sulfide) groups is 1. The topological polar surface area (TPSA) is 51.1 Å². The molecule has 0 bridgehead atoms. The Morgan fingerprint density at radius 3 is 2.53 bits per heavy atom. The Morgan fingerprint density at radius 1 is 1.10 bits per heavy atom. The lowest BCUT2D eigenvalue weighted by Crippen LogP contribution is -2.29. The summed E-state index contributed by atoms with van der Waals surface area (Å²) in [7, 11) is 1.62. The highest BCUT2D eigenvalue weighted by molar-refractivity contribution is 8.18. The maximum atomic E-state index is 13.1. The first-order valence-electron chi connectivity index (χ1n) is 10.2. The first-order chi connectivity index (χ1) is 14.6. The number of hydrogen-bond acceptors (Lipinski definition) is 5. The molecule has 0 spiro atoms. The zero-order valence-corrected chi connectivity index (χ0v) is 18.8. The number of para-hydroxylation sites is 1. The molecule has 1 aliphatic rings. The maximum Gasteiger partial charge on any atom is 0.266 e. The summed E-state index contributed by atoms with van der Waals surface area (Å²) < 4.78 is 11.4. The smallest absolute Gasteiger partial charge is 0.266 e. The number of aryl methyl sites for hydroxylation is 1. The fourth-order valence-corrected chi connectivity index (χ4v) is 4.06. The molecule has 1 heterocycles. The van der Waals surface area contributed by atoms with Crippen LogP contribution in [-0.2, 0) is 4.79 Å². The molecule has 1 fully saturated rings. The van der Waals surface area contributed by atoms with Gasteiger partial charge >= 0.3 is 0 Å². The molecule has 2 aromatic carbocycles. The van der Waals surface area contributed by atoms with Crippen molar-refractivity contribution in [1.29, 1.82) is 0 Å². The Hall–Kier alpha value is -2.73. The Labute approximate surface area is 182 Å². The fraction of sp³-hybridized carbons (Fsp3) is 0.333. The molecule has 0 radical (unpaired) electrons. The van der Waals surface area contributed by atoms with E-state index in [-0.39, 0.29) is 5.91 Å². The highest BCUT2D eigenvalue weighted by Crippen LogP contribution is 2.38. The van der Waals surface area contributed by atoms with E-state index in [0.29, 0.717) is 34.7 Å². The van der Waals surface area contributed by atoms with Gasteiger partial charge in [0.2, 0.25) is 0 Å². The number of nitrogens with zero attached hydrogens (tertiary/aromatic N) is 2. The number of benzene rings is 2. The number of carbonyl (C=O) groups excluding carboxylic acids is 1. The summed E-state index contributed by atoms with van der Waals surface area (Å²) in [6.07, 6.45) is 3.62. The van der Waals surface area contributed by atoms with E-state index in [1.807, 2.05) is 55.5 Å². The summed E-state index contributed by atoms with van der Waals surface area (Å²) in [5, 5.41) is 0.705. The molecule has 2 aromatic rings. The third-order valence-electron chi connectivity index (χ3n) is 4.56. The molecule has 3 rings (SSSR count). The number of amides is 1. The van der Waals surface area contributed by atoms with Gasteiger partial charge in [-0.15, -0.1) is 0 Å². The third-order valence-corrected chi connectivity index (χ3v) is 5.57. The third kappa shape index (κ3) is 5.05. The van der Waals surface area contributed by atoms with E-state index in [1.54, 1.807) is 12.0 Å². The predicted molar refractivity (Wildman–Crippen MR) is 125 cm³/mol. The van der Waals surface area contributed by atoms with E-state index in [0.717, 1.165) is 24.1 Å². The lowest BCUT2D eigenvalue weighted by atomic mass is 10.1. The molecule has 0 aromatic heterocycles. The van der Waals surface area contributed by atoms with E-state index < -0.39 is 0 Å². The summed E-state index contributed by atoms with van der Waals surface area (Å²) in [6.45, 7) is 7.37. The summed E-state index contributed by atoms with van der Waals surface area (Å²) in [5.74, 6) is 1.29. The highest BCUT2D eigenvalue weighted by Gasteiger charge is 2.33. The molecule has 1 amide bonds. The molecular weight excluding hydrogens is 396 g/mol. The first kappa shape index (κ1) is 22.0. The van der Waals surface area contributed by atoms with Gasteiger partial charge in [-0.25, -0.2) is 4.99 Å². The van der Waals surface area contributed by atoms with E-state index in [2.05, 4.69) is 13.8 Å². The van der Waals surface area contributed by atoms with Crippen LogP contribution < -0.4 is 9.47 Å². The van der Waals surface area contributed by atoms with Crippen LogP contribution in [0.2, 0.25) is 0 Å². The SMILES string of the molecule is CCCOc1c(/C=C2/SC(=Nc3ccc(C)cc3)N(CCC)C2=O)cccc1OC. The second kappa shape index (κ2) is 10.3.